The first kappa shape index (κ1) is 25.9. The summed E-state index contributed by atoms with van der Waals surface area (Å²) in [4.78, 5) is 0. The van der Waals surface area contributed by atoms with Crippen molar-refractivity contribution in [3.63, 3.8) is 0 Å². The predicted octanol–water partition coefficient (Wildman–Crippen LogP) is 3.50. The molecule has 0 aromatic carbocycles. The van der Waals surface area contributed by atoms with Gasteiger partial charge in [0.2, 0.25) is 0 Å². The molecule has 0 radical (unpaired) electrons. The van der Waals surface area contributed by atoms with Crippen LogP contribution in [0.3, 0.4) is 0 Å². The zero-order valence-corrected chi connectivity index (χ0v) is 13.0. The normalized spacial score (nSPS) is 12.1. The molecule has 4 heteroatoms. The summed E-state index contributed by atoms with van der Waals surface area (Å²) in [5.41, 5.74) is 5.76. The summed E-state index contributed by atoms with van der Waals surface area (Å²) in [5.74, 6) is 0. The Morgan fingerprint density at radius 2 is 1.22 bits per heavy atom. The van der Waals surface area contributed by atoms with E-state index in [1.165, 1.54) is 22.3 Å². The van der Waals surface area contributed by atoms with Crippen LogP contribution in [0.25, 0.3) is 0 Å². The standard InChI is InChI=1S/C11H16.3CO.Mo/c1-8-5-9(2)7-11(4)10(3)6-8;3*1-2;/h5-6H,7H2,1-4H3;;;;. The Morgan fingerprint density at radius 1 is 0.833 bits per heavy atom. The van der Waals surface area contributed by atoms with E-state index in [1.54, 1.807) is 0 Å². The van der Waals surface area contributed by atoms with Crippen molar-refractivity contribution in [3.8, 4) is 0 Å². The molecular formula is C14H16MoO3. The molecule has 18 heavy (non-hydrogen) atoms. The van der Waals surface area contributed by atoms with Gasteiger partial charge in [-0.25, -0.2) is 0 Å². The molecule has 3 nitrogen and oxygen atoms in total. The maximum Gasteiger partial charge on any atom is 0 e. The molecule has 0 spiro atoms. The molecule has 1 aliphatic carbocycles. The third kappa shape index (κ3) is 13.2. The fourth-order valence-corrected chi connectivity index (χ4v) is 1.50. The van der Waals surface area contributed by atoms with Crippen LogP contribution in [0.15, 0.2) is 34.4 Å². The monoisotopic (exact) mass is 330 g/mol. The van der Waals surface area contributed by atoms with Gasteiger partial charge in [-0.05, 0) is 34.1 Å². The second-order valence-electron chi connectivity index (χ2n) is 3.52. The van der Waals surface area contributed by atoms with Crippen LogP contribution in [-0.2, 0) is 35.0 Å². The van der Waals surface area contributed by atoms with Crippen LogP contribution in [0, 0.1) is 20.0 Å². The second kappa shape index (κ2) is 18.5. The Hall–Kier alpha value is -0.872. The van der Waals surface area contributed by atoms with E-state index in [-0.39, 0.29) is 21.1 Å². The molecule has 1 rings (SSSR count). The van der Waals surface area contributed by atoms with Gasteiger partial charge in [0, 0.05) is 21.1 Å². The number of hydrogen-bond donors (Lipinski definition) is 0. The molecule has 0 atom stereocenters. The molecule has 0 bridgehead atoms. The average molecular weight is 328 g/mol. The van der Waals surface area contributed by atoms with Gasteiger partial charge in [0.25, 0.3) is 0 Å². The van der Waals surface area contributed by atoms with Gasteiger partial charge < -0.3 is 0 Å². The Balaban J connectivity index is -0.000000123. The van der Waals surface area contributed by atoms with E-state index >= 15 is 0 Å². The first-order valence-electron chi connectivity index (χ1n) is 4.72. The summed E-state index contributed by atoms with van der Waals surface area (Å²) in [6.07, 6.45) is 5.66. The largest absolute Gasteiger partial charge is 0 e. The number of allylic oxidation sites excluding steroid dienone is 6. The number of rotatable bonds is 0. The first-order valence-corrected chi connectivity index (χ1v) is 4.72. The molecule has 96 valence electrons. The summed E-state index contributed by atoms with van der Waals surface area (Å²) in [7, 11) is 0. The van der Waals surface area contributed by atoms with E-state index in [2.05, 4.69) is 59.8 Å². The molecule has 0 saturated carbocycles. The Morgan fingerprint density at radius 3 is 1.61 bits per heavy atom. The van der Waals surface area contributed by atoms with E-state index in [0.29, 0.717) is 0 Å². The van der Waals surface area contributed by atoms with Crippen LogP contribution < -0.4 is 0 Å². The van der Waals surface area contributed by atoms with Crippen LogP contribution in [0.1, 0.15) is 34.1 Å². The van der Waals surface area contributed by atoms with E-state index in [0.717, 1.165) is 6.42 Å². The molecule has 0 heterocycles. The maximum absolute atomic E-state index is 7.50. The van der Waals surface area contributed by atoms with Crippen molar-refractivity contribution in [1.82, 2.24) is 0 Å². The maximum atomic E-state index is 7.50. The van der Waals surface area contributed by atoms with Crippen molar-refractivity contribution < 1.29 is 35.0 Å². The van der Waals surface area contributed by atoms with Crippen molar-refractivity contribution in [1.29, 1.82) is 0 Å². The van der Waals surface area contributed by atoms with Crippen molar-refractivity contribution in [2.45, 2.75) is 34.1 Å². The summed E-state index contributed by atoms with van der Waals surface area (Å²) in [6.45, 7) is 22.2. The molecule has 0 amide bonds. The van der Waals surface area contributed by atoms with Crippen LogP contribution in [0.2, 0.25) is 0 Å². The molecule has 0 aromatic rings. The second-order valence-corrected chi connectivity index (χ2v) is 3.52. The minimum atomic E-state index is 0. The van der Waals surface area contributed by atoms with Gasteiger partial charge >= 0.3 is 33.9 Å². The van der Waals surface area contributed by atoms with Crippen molar-refractivity contribution >= 4 is 0 Å². The Labute approximate surface area is 123 Å². The van der Waals surface area contributed by atoms with Gasteiger partial charge in [-0.2, -0.15) is 0 Å². The van der Waals surface area contributed by atoms with Crippen LogP contribution in [-0.4, -0.2) is 0 Å². The fourth-order valence-electron chi connectivity index (χ4n) is 1.50. The SMILES string of the molecule is CC1=CC(C)=C(C)CC(C)=C1.[C-]#[O+].[C-]#[O+].[C-]#[O+].[Mo]. The van der Waals surface area contributed by atoms with E-state index < -0.39 is 0 Å². The topological polar surface area (TPSA) is 59.7 Å². The van der Waals surface area contributed by atoms with Gasteiger partial charge in [-0.3, -0.25) is 0 Å². The summed E-state index contributed by atoms with van der Waals surface area (Å²) in [6, 6.07) is 0. The zero-order valence-electron chi connectivity index (χ0n) is 11.0. The van der Waals surface area contributed by atoms with Crippen LogP contribution in [0.4, 0.5) is 0 Å². The minimum absolute atomic E-state index is 0. The van der Waals surface area contributed by atoms with Crippen LogP contribution in [0.5, 0.6) is 0 Å². The number of hydrogen-bond acceptors (Lipinski definition) is 0. The third-order valence-corrected chi connectivity index (χ3v) is 2.14. The predicted molar refractivity (Wildman–Crippen MR) is 62.3 cm³/mol. The van der Waals surface area contributed by atoms with Gasteiger partial charge in [0.1, 0.15) is 0 Å². The quantitative estimate of drug-likeness (QED) is 0.371. The summed E-state index contributed by atoms with van der Waals surface area (Å²) >= 11 is 0. The average Bonchev–Trinajstić information content (AvgIpc) is 2.45. The Kier molecular flexibility index (Phi) is 26.6. The molecule has 0 fully saturated rings. The van der Waals surface area contributed by atoms with E-state index in [1.807, 2.05) is 0 Å². The summed E-state index contributed by atoms with van der Waals surface area (Å²) < 4.78 is 22.5. The third-order valence-electron chi connectivity index (χ3n) is 2.14. The van der Waals surface area contributed by atoms with Gasteiger partial charge in [-0.1, -0.05) is 34.4 Å². The van der Waals surface area contributed by atoms with Crippen molar-refractivity contribution in [3.05, 3.63) is 54.4 Å². The van der Waals surface area contributed by atoms with Crippen LogP contribution >= 0.6 is 0 Å². The molecule has 0 unspecified atom stereocenters. The van der Waals surface area contributed by atoms with Crippen molar-refractivity contribution in [2.75, 3.05) is 0 Å². The minimum Gasteiger partial charge on any atom is 0 e. The first-order chi connectivity index (χ1) is 8.09. The van der Waals surface area contributed by atoms with E-state index in [4.69, 9.17) is 14.0 Å². The molecule has 0 aliphatic heterocycles. The molecule has 0 aromatic heterocycles. The molecule has 0 N–H and O–H groups in total. The summed E-state index contributed by atoms with van der Waals surface area (Å²) in [5, 5.41) is 0. The van der Waals surface area contributed by atoms with Crippen molar-refractivity contribution in [2.24, 2.45) is 0 Å². The fraction of sp³-hybridized carbons (Fsp3) is 0.357. The van der Waals surface area contributed by atoms with Gasteiger partial charge in [0.15, 0.2) is 0 Å². The molecule has 1 aliphatic rings. The zero-order chi connectivity index (χ0) is 14.4. The molecular weight excluding hydrogens is 312 g/mol. The Bertz CT molecular complexity index is 354. The van der Waals surface area contributed by atoms with E-state index in [9.17, 15) is 0 Å². The van der Waals surface area contributed by atoms with Gasteiger partial charge in [0.05, 0.1) is 0 Å². The van der Waals surface area contributed by atoms with Gasteiger partial charge in [-0.15, -0.1) is 0 Å². The molecule has 0 saturated heterocycles. The smallest absolute Gasteiger partial charge is 0 e.